The zero-order chi connectivity index (χ0) is 18.0. The van der Waals surface area contributed by atoms with Gasteiger partial charge in [-0.2, -0.15) is 0 Å². The van der Waals surface area contributed by atoms with E-state index < -0.39 is 0 Å². The van der Waals surface area contributed by atoms with Crippen LogP contribution in [0.4, 0.5) is 0 Å². The van der Waals surface area contributed by atoms with E-state index in [0.29, 0.717) is 43.2 Å². The van der Waals surface area contributed by atoms with Gasteiger partial charge in [0.1, 0.15) is 11.5 Å². The second-order valence-electron chi connectivity index (χ2n) is 6.77. The number of carbonyl (C=O) groups excluding carboxylic acids is 2. The first-order valence-corrected chi connectivity index (χ1v) is 8.85. The average Bonchev–Trinajstić information content (AvgIpc) is 2.59. The maximum Gasteiger partial charge on any atom is 0.257 e. The molecule has 1 aliphatic carbocycles. The fourth-order valence-electron chi connectivity index (χ4n) is 3.43. The van der Waals surface area contributed by atoms with Crippen LogP contribution < -0.4 is 9.47 Å². The first-order chi connectivity index (χ1) is 12.0. The van der Waals surface area contributed by atoms with Crippen LogP contribution in [0.25, 0.3) is 0 Å². The topological polar surface area (TPSA) is 59.1 Å². The molecule has 1 aromatic carbocycles. The molecule has 1 aromatic rings. The highest BCUT2D eigenvalue weighted by Crippen LogP contribution is 2.30. The molecule has 3 rings (SSSR count). The van der Waals surface area contributed by atoms with Gasteiger partial charge in [-0.25, -0.2) is 0 Å². The number of rotatable bonds is 4. The van der Waals surface area contributed by atoms with Gasteiger partial charge in [-0.15, -0.1) is 0 Å². The molecule has 0 N–H and O–H groups in total. The molecule has 25 heavy (non-hydrogen) atoms. The van der Waals surface area contributed by atoms with Gasteiger partial charge < -0.3 is 19.3 Å². The Labute approximate surface area is 148 Å². The number of hydrogen-bond donors (Lipinski definition) is 0. The molecule has 2 fully saturated rings. The minimum absolute atomic E-state index is 0.0779. The molecule has 2 amide bonds. The van der Waals surface area contributed by atoms with Crippen molar-refractivity contribution in [3.05, 3.63) is 23.3 Å². The summed E-state index contributed by atoms with van der Waals surface area (Å²) in [5, 5.41) is 0. The molecule has 0 unspecified atom stereocenters. The Morgan fingerprint density at radius 1 is 0.960 bits per heavy atom. The van der Waals surface area contributed by atoms with Gasteiger partial charge in [0.05, 0.1) is 19.8 Å². The molecule has 2 aliphatic rings. The lowest BCUT2D eigenvalue weighted by atomic mass is 9.84. The van der Waals surface area contributed by atoms with Crippen LogP contribution in [0.1, 0.15) is 35.2 Å². The van der Waals surface area contributed by atoms with E-state index in [1.807, 2.05) is 17.9 Å². The molecule has 6 nitrogen and oxygen atoms in total. The van der Waals surface area contributed by atoms with Crippen molar-refractivity contribution in [2.75, 3.05) is 40.4 Å². The van der Waals surface area contributed by atoms with Crippen LogP contribution >= 0.6 is 0 Å². The molecule has 136 valence electrons. The third-order valence-electron chi connectivity index (χ3n) is 5.28. The van der Waals surface area contributed by atoms with E-state index in [4.69, 9.17) is 9.47 Å². The van der Waals surface area contributed by atoms with Gasteiger partial charge in [0, 0.05) is 32.1 Å². The number of ether oxygens (including phenoxy) is 2. The maximum atomic E-state index is 12.9. The smallest absolute Gasteiger partial charge is 0.257 e. The third-order valence-corrected chi connectivity index (χ3v) is 5.28. The van der Waals surface area contributed by atoms with E-state index in [2.05, 4.69) is 0 Å². The van der Waals surface area contributed by atoms with Gasteiger partial charge in [-0.05, 0) is 37.5 Å². The average molecular weight is 346 g/mol. The standard InChI is InChI=1S/C19H26N2O4/c1-13-11-17(25-3)15(12-16(13)24-2)19(23)21-9-7-20(8-10-21)18(22)14-5-4-6-14/h11-12,14H,4-10H2,1-3H3. The highest BCUT2D eigenvalue weighted by atomic mass is 16.5. The van der Waals surface area contributed by atoms with Crippen molar-refractivity contribution in [1.29, 1.82) is 0 Å². The van der Waals surface area contributed by atoms with Crippen LogP contribution in [0.15, 0.2) is 12.1 Å². The Morgan fingerprint density at radius 2 is 1.56 bits per heavy atom. The largest absolute Gasteiger partial charge is 0.496 e. The Morgan fingerprint density at radius 3 is 2.08 bits per heavy atom. The zero-order valence-corrected chi connectivity index (χ0v) is 15.2. The van der Waals surface area contributed by atoms with E-state index in [1.54, 1.807) is 25.2 Å². The summed E-state index contributed by atoms with van der Waals surface area (Å²) in [6.07, 6.45) is 3.18. The number of carbonyl (C=O) groups is 2. The SMILES string of the molecule is COc1cc(C(=O)N2CCN(C(=O)C3CCC3)CC2)c(OC)cc1C. The van der Waals surface area contributed by atoms with Crippen molar-refractivity contribution in [2.45, 2.75) is 26.2 Å². The van der Waals surface area contributed by atoms with Crippen molar-refractivity contribution in [3.8, 4) is 11.5 Å². The van der Waals surface area contributed by atoms with Gasteiger partial charge in [-0.3, -0.25) is 9.59 Å². The summed E-state index contributed by atoms with van der Waals surface area (Å²) in [7, 11) is 3.15. The first kappa shape index (κ1) is 17.6. The molecule has 0 spiro atoms. The number of amides is 2. The van der Waals surface area contributed by atoms with Crippen LogP contribution in [0.3, 0.4) is 0 Å². The first-order valence-electron chi connectivity index (χ1n) is 8.85. The molecule has 0 aromatic heterocycles. The highest BCUT2D eigenvalue weighted by molar-refractivity contribution is 5.97. The Hall–Kier alpha value is -2.24. The molecule has 6 heteroatoms. The normalized spacial score (nSPS) is 17.9. The minimum atomic E-state index is -0.0779. The lowest BCUT2D eigenvalue weighted by molar-refractivity contribution is -0.139. The summed E-state index contributed by atoms with van der Waals surface area (Å²) in [6.45, 7) is 4.23. The number of aryl methyl sites for hydroxylation is 1. The van der Waals surface area contributed by atoms with Crippen molar-refractivity contribution < 1.29 is 19.1 Å². The van der Waals surface area contributed by atoms with Gasteiger partial charge in [-0.1, -0.05) is 6.42 Å². The Balaban J connectivity index is 1.69. The summed E-state index contributed by atoms with van der Waals surface area (Å²) in [4.78, 5) is 29.0. The monoisotopic (exact) mass is 346 g/mol. The number of nitrogens with zero attached hydrogens (tertiary/aromatic N) is 2. The van der Waals surface area contributed by atoms with Crippen LogP contribution in [0.2, 0.25) is 0 Å². The van der Waals surface area contributed by atoms with Crippen molar-refractivity contribution >= 4 is 11.8 Å². The molecule has 1 saturated carbocycles. The third kappa shape index (κ3) is 3.43. The van der Waals surface area contributed by atoms with E-state index in [-0.39, 0.29) is 17.7 Å². The molecular weight excluding hydrogens is 320 g/mol. The maximum absolute atomic E-state index is 12.9. The summed E-state index contributed by atoms with van der Waals surface area (Å²) >= 11 is 0. The fourth-order valence-corrected chi connectivity index (χ4v) is 3.43. The second kappa shape index (κ2) is 7.33. The second-order valence-corrected chi connectivity index (χ2v) is 6.77. The van der Waals surface area contributed by atoms with Crippen molar-refractivity contribution in [3.63, 3.8) is 0 Å². The van der Waals surface area contributed by atoms with E-state index in [0.717, 1.165) is 24.8 Å². The number of methoxy groups -OCH3 is 2. The molecule has 1 saturated heterocycles. The molecule has 1 aliphatic heterocycles. The quantitative estimate of drug-likeness (QED) is 0.838. The molecule has 0 radical (unpaired) electrons. The van der Waals surface area contributed by atoms with Gasteiger partial charge in [0.2, 0.25) is 5.91 Å². The van der Waals surface area contributed by atoms with E-state index >= 15 is 0 Å². The predicted molar refractivity (Wildman–Crippen MR) is 94.1 cm³/mol. The van der Waals surface area contributed by atoms with Crippen molar-refractivity contribution in [2.24, 2.45) is 5.92 Å². The lowest BCUT2D eigenvalue weighted by Crippen LogP contribution is -2.52. The zero-order valence-electron chi connectivity index (χ0n) is 15.2. The molecule has 0 atom stereocenters. The summed E-state index contributed by atoms with van der Waals surface area (Å²) in [6, 6.07) is 3.56. The van der Waals surface area contributed by atoms with Crippen LogP contribution in [-0.4, -0.2) is 62.0 Å². The van der Waals surface area contributed by atoms with Crippen molar-refractivity contribution in [1.82, 2.24) is 9.80 Å². The van der Waals surface area contributed by atoms with Crippen LogP contribution in [0, 0.1) is 12.8 Å². The highest BCUT2D eigenvalue weighted by Gasteiger charge is 2.32. The summed E-state index contributed by atoms with van der Waals surface area (Å²) in [5.74, 6) is 1.61. The predicted octanol–water partition coefficient (Wildman–Crippen LogP) is 2.10. The summed E-state index contributed by atoms with van der Waals surface area (Å²) < 4.78 is 10.7. The fraction of sp³-hybridized carbons (Fsp3) is 0.579. The molecular formula is C19H26N2O4. The summed E-state index contributed by atoms with van der Waals surface area (Å²) in [5.41, 5.74) is 1.43. The molecule has 0 bridgehead atoms. The van der Waals surface area contributed by atoms with Crippen LogP contribution in [0.5, 0.6) is 11.5 Å². The number of hydrogen-bond acceptors (Lipinski definition) is 4. The van der Waals surface area contributed by atoms with E-state index in [9.17, 15) is 9.59 Å². The number of piperazine rings is 1. The number of benzene rings is 1. The van der Waals surface area contributed by atoms with Gasteiger partial charge >= 0.3 is 0 Å². The Bertz CT molecular complexity index is 662. The van der Waals surface area contributed by atoms with E-state index in [1.165, 1.54) is 0 Å². The minimum Gasteiger partial charge on any atom is -0.496 e. The van der Waals surface area contributed by atoms with Gasteiger partial charge in [0.15, 0.2) is 0 Å². The van der Waals surface area contributed by atoms with Crippen LogP contribution in [-0.2, 0) is 4.79 Å². The van der Waals surface area contributed by atoms with Gasteiger partial charge in [0.25, 0.3) is 5.91 Å². The lowest BCUT2D eigenvalue weighted by Gasteiger charge is -2.38. The molecule has 1 heterocycles. The Kier molecular flexibility index (Phi) is 5.16.